The van der Waals surface area contributed by atoms with E-state index in [1.807, 2.05) is 6.92 Å². The first-order chi connectivity index (χ1) is 11.0. The maximum absolute atomic E-state index is 12.1. The third-order valence-electron chi connectivity index (χ3n) is 2.93. The predicted octanol–water partition coefficient (Wildman–Crippen LogP) is 2.34. The lowest BCUT2D eigenvalue weighted by Gasteiger charge is -2.09. The highest BCUT2D eigenvalue weighted by atomic mass is 16.6. The van der Waals surface area contributed by atoms with Crippen molar-refractivity contribution in [2.24, 2.45) is 0 Å². The molecular weight excluding hydrogens is 300 g/mol. The Morgan fingerprint density at radius 3 is 2.83 bits per heavy atom. The second kappa shape index (κ2) is 9.04. The highest BCUT2D eigenvalue weighted by Gasteiger charge is 2.15. The van der Waals surface area contributed by atoms with Gasteiger partial charge in [0.1, 0.15) is 17.4 Å². The van der Waals surface area contributed by atoms with Gasteiger partial charge in [-0.2, -0.15) is 5.26 Å². The van der Waals surface area contributed by atoms with Crippen molar-refractivity contribution in [1.82, 2.24) is 5.32 Å². The number of ether oxygens (including phenoxy) is 1. The average molecular weight is 318 g/mol. The molecule has 0 spiro atoms. The molecule has 0 fully saturated rings. The van der Waals surface area contributed by atoms with E-state index in [0.717, 1.165) is 12.8 Å². The molecule has 0 aromatic heterocycles. The fourth-order valence-electron chi connectivity index (χ4n) is 1.69. The first-order valence-corrected chi connectivity index (χ1v) is 7.00. The molecule has 0 saturated heterocycles. The van der Waals surface area contributed by atoms with E-state index in [9.17, 15) is 14.9 Å². The Balaban J connectivity index is 2.87. The second-order valence-electron chi connectivity index (χ2n) is 4.57. The van der Waals surface area contributed by atoms with Gasteiger partial charge in [-0.15, -0.1) is 0 Å². The fourth-order valence-corrected chi connectivity index (χ4v) is 1.69. The maximum atomic E-state index is 12.1. The lowest BCUT2D eigenvalue weighted by Crippen LogP contribution is -2.17. The standard InChI is InChI=1S/C15H18N4O4/c1-3-4-7-17-10-11(9-16)15(20)18-13-6-5-12(19(21)22)8-14(13)23-2/h5-6,8,10,17H,3-4,7H2,1-2H3,(H,18,20)/b11-10-. The SMILES string of the molecule is CCCCN/C=C(/C#N)C(=O)Nc1ccc([N+](=O)[O-])cc1OC. The molecule has 122 valence electrons. The van der Waals surface area contributed by atoms with Crippen LogP contribution in [-0.4, -0.2) is 24.5 Å². The van der Waals surface area contributed by atoms with E-state index in [2.05, 4.69) is 10.6 Å². The number of hydrogen-bond acceptors (Lipinski definition) is 6. The Morgan fingerprint density at radius 2 is 2.26 bits per heavy atom. The number of nitro benzene ring substituents is 1. The van der Waals surface area contributed by atoms with E-state index in [-0.39, 0.29) is 22.7 Å². The van der Waals surface area contributed by atoms with Crippen molar-refractivity contribution in [3.05, 3.63) is 40.1 Å². The molecule has 1 amide bonds. The van der Waals surface area contributed by atoms with Crippen LogP contribution < -0.4 is 15.4 Å². The van der Waals surface area contributed by atoms with Crippen molar-refractivity contribution in [3.8, 4) is 11.8 Å². The summed E-state index contributed by atoms with van der Waals surface area (Å²) in [7, 11) is 1.34. The molecule has 1 aromatic carbocycles. The minimum atomic E-state index is -0.622. The van der Waals surface area contributed by atoms with Crippen LogP contribution in [0.3, 0.4) is 0 Å². The van der Waals surface area contributed by atoms with Crippen molar-refractivity contribution >= 4 is 17.3 Å². The molecule has 2 N–H and O–H groups in total. The molecule has 0 aliphatic rings. The molecule has 0 bridgehead atoms. The molecule has 1 aromatic rings. The van der Waals surface area contributed by atoms with E-state index < -0.39 is 10.8 Å². The van der Waals surface area contributed by atoms with Gasteiger partial charge in [-0.25, -0.2) is 0 Å². The van der Waals surface area contributed by atoms with E-state index in [4.69, 9.17) is 10.00 Å². The van der Waals surface area contributed by atoms with Crippen molar-refractivity contribution in [3.63, 3.8) is 0 Å². The number of nitrogens with zero attached hydrogens (tertiary/aromatic N) is 2. The molecule has 0 radical (unpaired) electrons. The molecular formula is C15H18N4O4. The number of non-ortho nitro benzene ring substituents is 1. The van der Waals surface area contributed by atoms with Crippen LogP contribution in [0, 0.1) is 21.4 Å². The highest BCUT2D eigenvalue weighted by molar-refractivity contribution is 6.07. The second-order valence-corrected chi connectivity index (χ2v) is 4.57. The number of methoxy groups -OCH3 is 1. The van der Waals surface area contributed by atoms with Gasteiger partial charge >= 0.3 is 0 Å². The number of anilines is 1. The molecule has 8 heteroatoms. The number of nitrogens with one attached hydrogen (secondary N) is 2. The first-order valence-electron chi connectivity index (χ1n) is 7.00. The number of amides is 1. The van der Waals surface area contributed by atoms with Crippen LogP contribution in [0.2, 0.25) is 0 Å². The Kier molecular flexibility index (Phi) is 7.07. The number of nitro groups is 1. The van der Waals surface area contributed by atoms with Crippen molar-refractivity contribution < 1.29 is 14.5 Å². The van der Waals surface area contributed by atoms with E-state index in [1.54, 1.807) is 6.07 Å². The summed E-state index contributed by atoms with van der Waals surface area (Å²) in [5, 5.41) is 25.2. The van der Waals surface area contributed by atoms with Crippen LogP contribution in [0.5, 0.6) is 5.75 Å². The number of nitriles is 1. The molecule has 0 aliphatic carbocycles. The Labute approximate surface area is 133 Å². The molecule has 0 atom stereocenters. The van der Waals surface area contributed by atoms with Gasteiger partial charge in [-0.1, -0.05) is 13.3 Å². The highest BCUT2D eigenvalue weighted by Crippen LogP contribution is 2.29. The van der Waals surface area contributed by atoms with Gasteiger partial charge in [0.05, 0.1) is 23.8 Å². The summed E-state index contributed by atoms with van der Waals surface area (Å²) in [4.78, 5) is 22.2. The number of carbonyl (C=O) groups excluding carboxylic acids is 1. The van der Waals surface area contributed by atoms with Crippen LogP contribution in [0.15, 0.2) is 30.0 Å². The van der Waals surface area contributed by atoms with Gasteiger partial charge in [0, 0.05) is 18.8 Å². The normalized spacial score (nSPS) is 10.6. The van der Waals surface area contributed by atoms with Gasteiger partial charge in [-0.05, 0) is 12.5 Å². The number of unbranched alkanes of at least 4 members (excludes halogenated alkanes) is 1. The smallest absolute Gasteiger partial charge is 0.273 e. The minimum Gasteiger partial charge on any atom is -0.494 e. The summed E-state index contributed by atoms with van der Waals surface area (Å²) in [5.41, 5.74) is -0.00329. The Bertz CT molecular complexity index is 649. The molecule has 0 unspecified atom stereocenters. The zero-order valence-corrected chi connectivity index (χ0v) is 13.0. The molecule has 23 heavy (non-hydrogen) atoms. The fraction of sp³-hybridized carbons (Fsp3) is 0.333. The minimum absolute atomic E-state index is 0.0958. The summed E-state index contributed by atoms with van der Waals surface area (Å²) in [5.74, 6) is -0.479. The van der Waals surface area contributed by atoms with E-state index in [1.165, 1.54) is 31.5 Å². The van der Waals surface area contributed by atoms with E-state index >= 15 is 0 Å². The number of carbonyl (C=O) groups is 1. The summed E-state index contributed by atoms with van der Waals surface area (Å²) in [6, 6.07) is 5.60. The monoisotopic (exact) mass is 318 g/mol. The van der Waals surface area contributed by atoms with Crippen LogP contribution in [0.4, 0.5) is 11.4 Å². The zero-order valence-electron chi connectivity index (χ0n) is 13.0. The topological polar surface area (TPSA) is 117 Å². The summed E-state index contributed by atoms with van der Waals surface area (Å²) < 4.78 is 5.03. The van der Waals surface area contributed by atoms with Crippen molar-refractivity contribution in [2.45, 2.75) is 19.8 Å². The first kappa shape index (κ1) is 18.0. The molecule has 0 heterocycles. The van der Waals surface area contributed by atoms with Crippen molar-refractivity contribution in [2.75, 3.05) is 19.0 Å². The van der Waals surface area contributed by atoms with E-state index in [0.29, 0.717) is 6.54 Å². The van der Waals surface area contributed by atoms with Gasteiger partial charge in [-0.3, -0.25) is 14.9 Å². The molecule has 0 aliphatic heterocycles. The van der Waals surface area contributed by atoms with Gasteiger partial charge in [0.15, 0.2) is 0 Å². The van der Waals surface area contributed by atoms with Crippen LogP contribution >= 0.6 is 0 Å². The average Bonchev–Trinajstić information content (AvgIpc) is 2.55. The number of hydrogen-bond donors (Lipinski definition) is 2. The summed E-state index contributed by atoms with van der Waals surface area (Å²) in [6.07, 6.45) is 3.27. The van der Waals surface area contributed by atoms with Crippen LogP contribution in [0.25, 0.3) is 0 Å². The largest absolute Gasteiger partial charge is 0.494 e. The Morgan fingerprint density at radius 1 is 1.52 bits per heavy atom. The van der Waals surface area contributed by atoms with Gasteiger partial charge in [0.25, 0.3) is 11.6 Å². The lowest BCUT2D eigenvalue weighted by molar-refractivity contribution is -0.384. The predicted molar refractivity (Wildman–Crippen MR) is 84.9 cm³/mol. The van der Waals surface area contributed by atoms with Gasteiger partial charge < -0.3 is 15.4 Å². The van der Waals surface area contributed by atoms with Gasteiger partial charge in [0.2, 0.25) is 0 Å². The lowest BCUT2D eigenvalue weighted by atomic mass is 10.2. The molecule has 0 saturated carbocycles. The zero-order chi connectivity index (χ0) is 17.2. The van der Waals surface area contributed by atoms with Crippen LogP contribution in [0.1, 0.15) is 19.8 Å². The third-order valence-corrected chi connectivity index (χ3v) is 2.93. The number of benzene rings is 1. The maximum Gasteiger partial charge on any atom is 0.273 e. The number of rotatable bonds is 8. The molecule has 1 rings (SSSR count). The van der Waals surface area contributed by atoms with Crippen LogP contribution in [-0.2, 0) is 4.79 Å². The Hall–Kier alpha value is -3.08. The summed E-state index contributed by atoms with van der Waals surface area (Å²) in [6.45, 7) is 2.69. The quantitative estimate of drug-likeness (QED) is 0.250. The summed E-state index contributed by atoms with van der Waals surface area (Å²) >= 11 is 0. The third kappa shape index (κ3) is 5.32. The van der Waals surface area contributed by atoms with Crippen molar-refractivity contribution in [1.29, 1.82) is 5.26 Å². The molecule has 8 nitrogen and oxygen atoms in total.